The molecule has 0 saturated heterocycles. The fraction of sp³-hybridized carbons (Fsp3) is 0.0526. The molecule has 0 fully saturated rings. The molecule has 0 spiro atoms. The van der Waals surface area contributed by atoms with Crippen LogP contribution >= 0.6 is 11.3 Å². The number of rotatable bonds is 4. The zero-order chi connectivity index (χ0) is 16.4. The molecular formula is C19H14N2O2S. The normalized spacial score (nSPS) is 10.8. The van der Waals surface area contributed by atoms with Gasteiger partial charge in [0, 0.05) is 5.69 Å². The SMILES string of the molecule is O=c1oc(Nc2ccc(Cc3ccccc3)cc2)nc2sccc12. The van der Waals surface area contributed by atoms with Gasteiger partial charge in [0.25, 0.3) is 0 Å². The van der Waals surface area contributed by atoms with Gasteiger partial charge in [-0.05, 0) is 41.1 Å². The van der Waals surface area contributed by atoms with Gasteiger partial charge in [0.2, 0.25) is 0 Å². The number of benzene rings is 2. The lowest BCUT2D eigenvalue weighted by atomic mass is 10.1. The van der Waals surface area contributed by atoms with Crippen LogP contribution in [-0.2, 0) is 6.42 Å². The molecule has 0 bridgehead atoms. The van der Waals surface area contributed by atoms with Crippen LogP contribution in [0.1, 0.15) is 11.1 Å². The Morgan fingerprint density at radius 1 is 0.958 bits per heavy atom. The van der Waals surface area contributed by atoms with Crippen molar-refractivity contribution in [3.05, 3.63) is 87.6 Å². The lowest BCUT2D eigenvalue weighted by Gasteiger charge is -2.06. The maximum absolute atomic E-state index is 11.9. The van der Waals surface area contributed by atoms with Crippen molar-refractivity contribution < 1.29 is 4.42 Å². The van der Waals surface area contributed by atoms with Crippen LogP contribution in [0.5, 0.6) is 0 Å². The molecule has 24 heavy (non-hydrogen) atoms. The lowest BCUT2D eigenvalue weighted by molar-refractivity contribution is 0.522. The fourth-order valence-corrected chi connectivity index (χ4v) is 3.26. The Balaban J connectivity index is 1.53. The minimum Gasteiger partial charge on any atom is -0.388 e. The van der Waals surface area contributed by atoms with E-state index in [9.17, 15) is 4.79 Å². The van der Waals surface area contributed by atoms with Crippen molar-refractivity contribution in [2.45, 2.75) is 6.42 Å². The Hall–Kier alpha value is -2.92. The molecule has 2 aromatic carbocycles. The van der Waals surface area contributed by atoms with Crippen LogP contribution in [-0.4, -0.2) is 4.98 Å². The minimum absolute atomic E-state index is 0.214. The standard InChI is InChI=1S/C19H14N2O2S/c22-18-16-10-11-24-17(16)21-19(23-18)20-15-8-6-14(7-9-15)12-13-4-2-1-3-5-13/h1-11H,12H2,(H,20,21). The van der Waals surface area contributed by atoms with Gasteiger partial charge in [0.15, 0.2) is 0 Å². The Bertz CT molecular complexity index is 1020. The Labute approximate surface area is 142 Å². The van der Waals surface area contributed by atoms with Crippen molar-refractivity contribution in [2.75, 3.05) is 5.32 Å². The fourth-order valence-electron chi connectivity index (χ4n) is 2.52. The zero-order valence-electron chi connectivity index (χ0n) is 12.7. The Morgan fingerprint density at radius 2 is 1.71 bits per heavy atom. The largest absolute Gasteiger partial charge is 0.388 e. The molecular weight excluding hydrogens is 320 g/mol. The molecule has 0 radical (unpaired) electrons. The summed E-state index contributed by atoms with van der Waals surface area (Å²) < 4.78 is 5.21. The molecule has 118 valence electrons. The molecule has 4 nitrogen and oxygen atoms in total. The molecule has 0 unspecified atom stereocenters. The predicted octanol–water partition coefficient (Wildman–Crippen LogP) is 4.58. The summed E-state index contributed by atoms with van der Waals surface area (Å²) >= 11 is 1.42. The van der Waals surface area contributed by atoms with E-state index in [4.69, 9.17) is 4.42 Å². The molecule has 1 N–H and O–H groups in total. The lowest BCUT2D eigenvalue weighted by Crippen LogP contribution is -2.03. The van der Waals surface area contributed by atoms with Gasteiger partial charge in [0.05, 0.1) is 5.39 Å². The van der Waals surface area contributed by atoms with Crippen molar-refractivity contribution >= 4 is 33.3 Å². The first kappa shape index (κ1) is 14.7. The predicted molar refractivity (Wildman–Crippen MR) is 97.1 cm³/mol. The highest BCUT2D eigenvalue weighted by Crippen LogP contribution is 2.20. The van der Waals surface area contributed by atoms with Crippen LogP contribution in [0.25, 0.3) is 10.2 Å². The third-order valence-electron chi connectivity index (χ3n) is 3.71. The van der Waals surface area contributed by atoms with Gasteiger partial charge >= 0.3 is 11.6 Å². The molecule has 0 saturated carbocycles. The Kier molecular flexibility index (Phi) is 3.84. The molecule has 0 aliphatic carbocycles. The number of hydrogen-bond donors (Lipinski definition) is 1. The topological polar surface area (TPSA) is 55.1 Å². The number of thiophene rings is 1. The van der Waals surface area contributed by atoms with E-state index in [1.54, 1.807) is 6.07 Å². The average Bonchev–Trinajstić information content (AvgIpc) is 3.07. The quantitative estimate of drug-likeness (QED) is 0.593. The maximum Gasteiger partial charge on any atom is 0.349 e. The number of aromatic nitrogens is 1. The highest BCUT2D eigenvalue weighted by molar-refractivity contribution is 7.16. The summed E-state index contributed by atoms with van der Waals surface area (Å²) in [5, 5.41) is 5.39. The molecule has 2 aromatic heterocycles. The summed E-state index contributed by atoms with van der Waals surface area (Å²) in [6.07, 6.45) is 0.885. The second kappa shape index (κ2) is 6.29. The van der Waals surface area contributed by atoms with Crippen molar-refractivity contribution in [2.24, 2.45) is 0 Å². The van der Waals surface area contributed by atoms with Gasteiger partial charge < -0.3 is 9.73 Å². The van der Waals surface area contributed by atoms with Gasteiger partial charge in [-0.25, -0.2) is 4.79 Å². The van der Waals surface area contributed by atoms with E-state index in [-0.39, 0.29) is 11.6 Å². The van der Waals surface area contributed by atoms with E-state index in [1.165, 1.54) is 22.5 Å². The molecule has 2 heterocycles. The van der Waals surface area contributed by atoms with Crippen LogP contribution in [0, 0.1) is 0 Å². The van der Waals surface area contributed by atoms with Crippen molar-refractivity contribution in [1.29, 1.82) is 0 Å². The highest BCUT2D eigenvalue weighted by atomic mass is 32.1. The number of nitrogens with zero attached hydrogens (tertiary/aromatic N) is 1. The monoisotopic (exact) mass is 334 g/mol. The first-order chi connectivity index (χ1) is 11.8. The second-order valence-corrected chi connectivity index (χ2v) is 6.32. The van der Waals surface area contributed by atoms with Gasteiger partial charge in [-0.3, -0.25) is 0 Å². The molecule has 0 atom stereocenters. The summed E-state index contributed by atoms with van der Waals surface area (Å²) in [7, 11) is 0. The molecule has 0 amide bonds. The van der Waals surface area contributed by atoms with Gasteiger partial charge in [-0.1, -0.05) is 42.5 Å². The molecule has 0 aliphatic rings. The maximum atomic E-state index is 11.9. The van der Waals surface area contributed by atoms with Crippen LogP contribution in [0.2, 0.25) is 0 Å². The number of nitrogens with one attached hydrogen (secondary N) is 1. The smallest absolute Gasteiger partial charge is 0.349 e. The van der Waals surface area contributed by atoms with Crippen molar-refractivity contribution in [3.8, 4) is 0 Å². The third-order valence-corrected chi connectivity index (χ3v) is 4.52. The zero-order valence-corrected chi connectivity index (χ0v) is 13.5. The van der Waals surface area contributed by atoms with Crippen LogP contribution in [0.15, 0.2) is 75.3 Å². The van der Waals surface area contributed by atoms with Crippen LogP contribution in [0.3, 0.4) is 0 Å². The Morgan fingerprint density at radius 3 is 2.50 bits per heavy atom. The van der Waals surface area contributed by atoms with Gasteiger partial charge in [0.1, 0.15) is 4.83 Å². The summed E-state index contributed by atoms with van der Waals surface area (Å²) in [5.41, 5.74) is 2.95. The molecule has 0 aliphatic heterocycles. The molecule has 5 heteroatoms. The summed E-state index contributed by atoms with van der Waals surface area (Å²) in [6.45, 7) is 0. The van der Waals surface area contributed by atoms with E-state index < -0.39 is 0 Å². The van der Waals surface area contributed by atoms with E-state index in [1.807, 2.05) is 35.7 Å². The number of hydrogen-bond acceptors (Lipinski definition) is 5. The van der Waals surface area contributed by atoms with E-state index in [2.05, 4.69) is 34.6 Å². The van der Waals surface area contributed by atoms with E-state index >= 15 is 0 Å². The summed E-state index contributed by atoms with van der Waals surface area (Å²) in [6, 6.07) is 20.3. The van der Waals surface area contributed by atoms with Crippen LogP contribution < -0.4 is 10.9 Å². The number of anilines is 2. The molecule has 4 aromatic rings. The highest BCUT2D eigenvalue weighted by Gasteiger charge is 2.07. The first-order valence-electron chi connectivity index (χ1n) is 7.56. The number of fused-ring (bicyclic) bond motifs is 1. The summed E-state index contributed by atoms with van der Waals surface area (Å²) in [5.74, 6) is 0. The van der Waals surface area contributed by atoms with E-state index in [0.717, 1.165) is 12.1 Å². The molecule has 4 rings (SSSR count). The van der Waals surface area contributed by atoms with Gasteiger partial charge in [-0.2, -0.15) is 4.98 Å². The van der Waals surface area contributed by atoms with Crippen molar-refractivity contribution in [3.63, 3.8) is 0 Å². The first-order valence-corrected chi connectivity index (χ1v) is 8.44. The van der Waals surface area contributed by atoms with E-state index in [0.29, 0.717) is 10.2 Å². The average molecular weight is 334 g/mol. The van der Waals surface area contributed by atoms with Gasteiger partial charge in [-0.15, -0.1) is 11.3 Å². The van der Waals surface area contributed by atoms with Crippen molar-refractivity contribution in [1.82, 2.24) is 4.98 Å². The van der Waals surface area contributed by atoms with Crippen LogP contribution in [0.4, 0.5) is 11.7 Å². The summed E-state index contributed by atoms with van der Waals surface area (Å²) in [4.78, 5) is 16.9. The minimum atomic E-state index is -0.371. The second-order valence-electron chi connectivity index (χ2n) is 5.43. The third kappa shape index (κ3) is 3.07.